The average molecular weight is 356 g/mol. The number of halogens is 1. The Bertz CT molecular complexity index is 909. The van der Waals surface area contributed by atoms with E-state index < -0.39 is 0 Å². The number of hydrogen-bond acceptors (Lipinski definition) is 4. The highest BCUT2D eigenvalue weighted by molar-refractivity contribution is 6.33. The van der Waals surface area contributed by atoms with Crippen molar-refractivity contribution in [3.8, 4) is 0 Å². The number of carbonyl (C=O) groups is 1. The van der Waals surface area contributed by atoms with Crippen molar-refractivity contribution in [1.29, 1.82) is 0 Å². The molecule has 3 heterocycles. The van der Waals surface area contributed by atoms with Crippen molar-refractivity contribution in [3.05, 3.63) is 59.4 Å². The van der Waals surface area contributed by atoms with Crippen LogP contribution < -0.4 is 4.90 Å². The Morgan fingerprint density at radius 3 is 2.76 bits per heavy atom. The van der Waals surface area contributed by atoms with Gasteiger partial charge < -0.3 is 9.80 Å². The summed E-state index contributed by atoms with van der Waals surface area (Å²) in [5.41, 5.74) is 1.39. The predicted molar refractivity (Wildman–Crippen MR) is 97.2 cm³/mol. The zero-order valence-electron chi connectivity index (χ0n) is 13.7. The number of anilines is 1. The number of amides is 1. The number of aromatic nitrogens is 3. The van der Waals surface area contributed by atoms with Gasteiger partial charge in [-0.3, -0.25) is 4.79 Å². The first-order valence-electron chi connectivity index (χ1n) is 8.31. The average Bonchev–Trinajstić information content (AvgIpc) is 2.98. The molecule has 0 radical (unpaired) electrons. The highest BCUT2D eigenvalue weighted by Crippen LogP contribution is 2.20. The van der Waals surface area contributed by atoms with E-state index in [9.17, 15) is 4.79 Å². The second kappa shape index (κ2) is 6.72. The summed E-state index contributed by atoms with van der Waals surface area (Å²) in [5.74, 6) is 0.994. The van der Waals surface area contributed by atoms with E-state index in [0.29, 0.717) is 23.7 Å². The van der Waals surface area contributed by atoms with Gasteiger partial charge in [-0.25, -0.2) is 4.98 Å². The molecule has 128 valence electrons. The first-order chi connectivity index (χ1) is 12.2. The van der Waals surface area contributed by atoms with Crippen LogP contribution in [0.25, 0.3) is 5.65 Å². The highest BCUT2D eigenvalue weighted by atomic mass is 35.5. The minimum atomic E-state index is -0.00795. The lowest BCUT2D eigenvalue weighted by molar-refractivity contribution is 0.0767. The molecule has 1 fully saturated rings. The van der Waals surface area contributed by atoms with E-state index in [2.05, 4.69) is 15.0 Å². The van der Waals surface area contributed by atoms with Crippen LogP contribution in [0.3, 0.4) is 0 Å². The molecule has 0 spiro atoms. The molecule has 1 saturated heterocycles. The van der Waals surface area contributed by atoms with Crippen LogP contribution in [-0.4, -0.2) is 51.6 Å². The van der Waals surface area contributed by atoms with Crippen molar-refractivity contribution in [1.82, 2.24) is 19.5 Å². The summed E-state index contributed by atoms with van der Waals surface area (Å²) in [5, 5.41) is 4.85. The van der Waals surface area contributed by atoms with Crippen LogP contribution in [-0.2, 0) is 0 Å². The van der Waals surface area contributed by atoms with Crippen LogP contribution in [0.5, 0.6) is 0 Å². The molecule has 1 aromatic carbocycles. The SMILES string of the molecule is O=C(c1ccccc1Cl)N1CCCN(c2ccnc3ccnn23)CC1. The van der Waals surface area contributed by atoms with E-state index in [1.54, 1.807) is 24.5 Å². The second-order valence-corrected chi connectivity index (χ2v) is 6.42. The fourth-order valence-electron chi connectivity index (χ4n) is 3.22. The lowest BCUT2D eigenvalue weighted by atomic mass is 10.2. The number of fused-ring (bicyclic) bond motifs is 1. The number of hydrogen-bond donors (Lipinski definition) is 0. The minimum Gasteiger partial charge on any atom is -0.355 e. The maximum atomic E-state index is 12.8. The van der Waals surface area contributed by atoms with Crippen molar-refractivity contribution < 1.29 is 4.79 Å². The van der Waals surface area contributed by atoms with E-state index in [1.807, 2.05) is 33.7 Å². The Morgan fingerprint density at radius 1 is 1.00 bits per heavy atom. The molecule has 0 aliphatic carbocycles. The standard InChI is InChI=1S/C18H18ClN5O/c19-15-5-2-1-4-14(15)18(25)23-11-3-10-22(12-13-23)17-7-8-20-16-6-9-21-24(16)17/h1-2,4-9H,3,10-13H2. The maximum absolute atomic E-state index is 12.8. The predicted octanol–water partition coefficient (Wildman–Crippen LogP) is 2.74. The van der Waals surface area contributed by atoms with Crippen molar-refractivity contribution in [3.63, 3.8) is 0 Å². The van der Waals surface area contributed by atoms with Gasteiger partial charge in [-0.05, 0) is 24.6 Å². The third kappa shape index (κ3) is 3.05. The monoisotopic (exact) mass is 355 g/mol. The van der Waals surface area contributed by atoms with Crippen LogP contribution in [0.1, 0.15) is 16.8 Å². The normalized spacial score (nSPS) is 15.4. The summed E-state index contributed by atoms with van der Waals surface area (Å²) in [7, 11) is 0. The summed E-state index contributed by atoms with van der Waals surface area (Å²) in [6, 6.07) is 11.1. The van der Waals surface area contributed by atoms with Crippen molar-refractivity contribution in [2.75, 3.05) is 31.1 Å². The van der Waals surface area contributed by atoms with Gasteiger partial charge in [0.1, 0.15) is 5.82 Å². The summed E-state index contributed by atoms with van der Waals surface area (Å²) in [6.45, 7) is 2.98. The third-order valence-corrected chi connectivity index (χ3v) is 4.81. The summed E-state index contributed by atoms with van der Waals surface area (Å²) in [4.78, 5) is 21.2. The lowest BCUT2D eigenvalue weighted by Crippen LogP contribution is -2.35. The molecular formula is C18H18ClN5O. The van der Waals surface area contributed by atoms with Crippen LogP contribution in [0.4, 0.5) is 5.82 Å². The summed E-state index contributed by atoms with van der Waals surface area (Å²) in [6.07, 6.45) is 4.43. The zero-order valence-corrected chi connectivity index (χ0v) is 14.4. The maximum Gasteiger partial charge on any atom is 0.255 e. The van der Waals surface area contributed by atoms with E-state index in [1.165, 1.54) is 0 Å². The Balaban J connectivity index is 1.54. The number of rotatable bonds is 2. The first-order valence-corrected chi connectivity index (χ1v) is 8.69. The molecule has 3 aromatic rings. The molecule has 25 heavy (non-hydrogen) atoms. The quantitative estimate of drug-likeness (QED) is 0.709. The zero-order chi connectivity index (χ0) is 17.2. The van der Waals surface area contributed by atoms with E-state index in [-0.39, 0.29) is 5.91 Å². The van der Waals surface area contributed by atoms with Gasteiger partial charge in [-0.2, -0.15) is 9.61 Å². The first kappa shape index (κ1) is 15.9. The number of nitrogens with zero attached hydrogens (tertiary/aromatic N) is 5. The van der Waals surface area contributed by atoms with Crippen LogP contribution >= 0.6 is 11.6 Å². The largest absolute Gasteiger partial charge is 0.355 e. The van der Waals surface area contributed by atoms with Gasteiger partial charge in [0.05, 0.1) is 16.8 Å². The highest BCUT2D eigenvalue weighted by Gasteiger charge is 2.22. The van der Waals surface area contributed by atoms with Crippen LogP contribution in [0, 0.1) is 0 Å². The topological polar surface area (TPSA) is 53.7 Å². The van der Waals surface area contributed by atoms with Gasteiger partial charge in [-0.15, -0.1) is 0 Å². The van der Waals surface area contributed by atoms with Gasteiger partial charge in [0.25, 0.3) is 5.91 Å². The van der Waals surface area contributed by atoms with Gasteiger partial charge in [-0.1, -0.05) is 23.7 Å². The smallest absolute Gasteiger partial charge is 0.255 e. The van der Waals surface area contributed by atoms with Crippen LogP contribution in [0.15, 0.2) is 48.8 Å². The van der Waals surface area contributed by atoms with Crippen molar-refractivity contribution >= 4 is 29.0 Å². The molecule has 4 rings (SSSR count). The molecule has 1 aliphatic rings. The lowest BCUT2D eigenvalue weighted by Gasteiger charge is -2.24. The van der Waals surface area contributed by atoms with Gasteiger partial charge in [0.15, 0.2) is 5.65 Å². The van der Waals surface area contributed by atoms with E-state index >= 15 is 0 Å². The Morgan fingerprint density at radius 2 is 1.88 bits per heavy atom. The van der Waals surface area contributed by atoms with Crippen molar-refractivity contribution in [2.24, 2.45) is 0 Å². The van der Waals surface area contributed by atoms with Gasteiger partial charge in [0, 0.05) is 38.4 Å². The Hall–Kier alpha value is -2.60. The molecule has 1 aliphatic heterocycles. The van der Waals surface area contributed by atoms with E-state index in [4.69, 9.17) is 11.6 Å². The second-order valence-electron chi connectivity index (χ2n) is 6.02. The van der Waals surface area contributed by atoms with E-state index in [0.717, 1.165) is 31.0 Å². The molecule has 0 N–H and O–H groups in total. The summed E-state index contributed by atoms with van der Waals surface area (Å²) < 4.78 is 1.84. The molecule has 0 saturated carbocycles. The fourth-order valence-corrected chi connectivity index (χ4v) is 3.43. The molecule has 0 bridgehead atoms. The molecule has 2 aromatic heterocycles. The Labute approximate surface area is 150 Å². The molecule has 7 heteroatoms. The molecular weight excluding hydrogens is 338 g/mol. The van der Waals surface area contributed by atoms with Gasteiger partial charge in [0.2, 0.25) is 0 Å². The summed E-state index contributed by atoms with van der Waals surface area (Å²) >= 11 is 6.18. The fraction of sp³-hybridized carbons (Fsp3) is 0.278. The Kier molecular flexibility index (Phi) is 4.28. The number of benzene rings is 1. The molecule has 1 amide bonds. The molecule has 0 unspecified atom stereocenters. The molecule has 6 nitrogen and oxygen atoms in total. The number of carbonyl (C=O) groups excluding carboxylic acids is 1. The molecule has 0 atom stereocenters. The minimum absolute atomic E-state index is 0.00795. The van der Waals surface area contributed by atoms with Crippen LogP contribution in [0.2, 0.25) is 5.02 Å². The third-order valence-electron chi connectivity index (χ3n) is 4.48. The van der Waals surface area contributed by atoms with Gasteiger partial charge >= 0.3 is 0 Å². The van der Waals surface area contributed by atoms with Crippen molar-refractivity contribution in [2.45, 2.75) is 6.42 Å².